The third kappa shape index (κ3) is 12.5. The maximum absolute atomic E-state index is 13.4. The number of hydrogen-bond acceptors (Lipinski definition) is 8. The van der Waals surface area contributed by atoms with Crippen LogP contribution in [0.2, 0.25) is 0 Å². The van der Waals surface area contributed by atoms with Crippen molar-refractivity contribution in [1.29, 1.82) is 0 Å². The lowest BCUT2D eigenvalue weighted by atomic mass is 9.82. The van der Waals surface area contributed by atoms with Crippen LogP contribution < -0.4 is 16.0 Å². The Labute approximate surface area is 369 Å². The first-order chi connectivity index (χ1) is 31.0. The molecule has 3 aromatic carbocycles. The lowest BCUT2D eigenvalue weighted by molar-refractivity contribution is -0.117. The van der Waals surface area contributed by atoms with Crippen molar-refractivity contribution in [2.75, 3.05) is 17.2 Å². The average molecular weight is 841 g/mol. The minimum Gasteiger partial charge on any atom is -0.388 e. The number of aromatic nitrogens is 5. The summed E-state index contributed by atoms with van der Waals surface area (Å²) in [5.41, 5.74) is 6.15. The molecule has 3 unspecified atom stereocenters. The van der Waals surface area contributed by atoms with E-state index in [2.05, 4.69) is 30.9 Å². The fourth-order valence-corrected chi connectivity index (χ4v) is 7.99. The molecule has 0 aliphatic carbocycles. The average Bonchev–Trinajstić information content (AvgIpc) is 3.76. The molecule has 0 spiro atoms. The maximum Gasteiger partial charge on any atom is 0.246 e. The number of amides is 2. The Morgan fingerprint density at radius 3 is 2.02 bits per heavy atom. The largest absolute Gasteiger partial charge is 0.388 e. The van der Waals surface area contributed by atoms with Crippen molar-refractivity contribution in [2.45, 2.75) is 82.3 Å². The van der Waals surface area contributed by atoms with Gasteiger partial charge in [0.25, 0.3) is 0 Å². The van der Waals surface area contributed by atoms with Crippen LogP contribution in [0, 0.1) is 0 Å². The van der Waals surface area contributed by atoms with E-state index in [-0.39, 0.29) is 11.8 Å². The van der Waals surface area contributed by atoms with Crippen LogP contribution in [0.5, 0.6) is 0 Å². The molecule has 0 saturated heterocycles. The summed E-state index contributed by atoms with van der Waals surface area (Å²) in [4.78, 5) is 44.5. The van der Waals surface area contributed by atoms with Gasteiger partial charge in [0.15, 0.2) is 5.65 Å². The molecule has 7 rings (SSSR count). The highest BCUT2D eigenvalue weighted by Crippen LogP contribution is 2.44. The van der Waals surface area contributed by atoms with Crippen LogP contribution in [0.25, 0.3) is 16.9 Å². The van der Waals surface area contributed by atoms with Gasteiger partial charge in [-0.05, 0) is 72.0 Å². The topological polar surface area (TPSA) is 147 Å². The van der Waals surface area contributed by atoms with Gasteiger partial charge in [0.1, 0.15) is 12.1 Å². The van der Waals surface area contributed by atoms with Crippen molar-refractivity contribution < 1.29 is 14.7 Å². The normalized spacial score (nSPS) is 12.9. The van der Waals surface area contributed by atoms with Crippen LogP contribution in [0.4, 0.5) is 11.5 Å². The van der Waals surface area contributed by atoms with E-state index >= 15 is 0 Å². The van der Waals surface area contributed by atoms with E-state index < -0.39 is 18.1 Å². The molecule has 11 nitrogen and oxygen atoms in total. The van der Waals surface area contributed by atoms with Crippen molar-refractivity contribution in [2.24, 2.45) is 0 Å². The van der Waals surface area contributed by atoms with Crippen molar-refractivity contribution in [3.8, 4) is 0 Å². The third-order valence-electron chi connectivity index (χ3n) is 11.2. The van der Waals surface area contributed by atoms with Gasteiger partial charge in [-0.25, -0.2) is 15.0 Å². The summed E-state index contributed by atoms with van der Waals surface area (Å²) >= 11 is 0. The molecule has 0 radical (unpaired) electrons. The molecule has 4 aromatic heterocycles. The Morgan fingerprint density at radius 2 is 1.29 bits per heavy atom. The fraction of sp³-hybridized carbons (Fsp3) is 0.269. The van der Waals surface area contributed by atoms with E-state index in [0.717, 1.165) is 85.7 Å². The summed E-state index contributed by atoms with van der Waals surface area (Å²) in [5, 5.41) is 21.9. The van der Waals surface area contributed by atoms with Gasteiger partial charge < -0.3 is 21.1 Å². The molecule has 322 valence electrons. The molecule has 2 amide bonds. The zero-order chi connectivity index (χ0) is 43.5. The van der Waals surface area contributed by atoms with Gasteiger partial charge in [0.05, 0.1) is 29.3 Å². The molecule has 7 aromatic rings. The predicted octanol–water partition coefficient (Wildman–Crippen LogP) is 10.4. The van der Waals surface area contributed by atoms with Gasteiger partial charge in [0.2, 0.25) is 11.8 Å². The summed E-state index contributed by atoms with van der Waals surface area (Å²) in [7, 11) is 0. The van der Waals surface area contributed by atoms with Gasteiger partial charge >= 0.3 is 0 Å². The molecule has 0 bridgehead atoms. The van der Waals surface area contributed by atoms with Crippen molar-refractivity contribution in [3.05, 3.63) is 187 Å². The number of imidazole rings is 1. The fourth-order valence-electron chi connectivity index (χ4n) is 7.99. The summed E-state index contributed by atoms with van der Waals surface area (Å²) in [6.45, 7) is 0.623. The quantitative estimate of drug-likeness (QED) is 0.0368. The number of aliphatic hydroxyl groups excluding tert-OH is 1. The number of unbranched alkanes of at least 4 members (excludes halogenated alkanes) is 8. The molecule has 0 aliphatic heterocycles. The molecule has 0 saturated carbocycles. The van der Waals surface area contributed by atoms with Gasteiger partial charge in [0, 0.05) is 49.0 Å². The van der Waals surface area contributed by atoms with E-state index in [0.29, 0.717) is 35.8 Å². The Morgan fingerprint density at radius 1 is 0.635 bits per heavy atom. The van der Waals surface area contributed by atoms with E-state index in [4.69, 9.17) is 4.98 Å². The van der Waals surface area contributed by atoms with Crippen LogP contribution >= 0.6 is 0 Å². The number of pyridine rings is 3. The van der Waals surface area contributed by atoms with Crippen LogP contribution in [-0.4, -0.2) is 48.0 Å². The van der Waals surface area contributed by atoms with Gasteiger partial charge in [-0.15, -0.1) is 0 Å². The number of para-hydroxylation sites is 1. The second-order valence-electron chi connectivity index (χ2n) is 15.7. The van der Waals surface area contributed by atoms with Crippen LogP contribution in [0.1, 0.15) is 105 Å². The smallest absolute Gasteiger partial charge is 0.246 e. The number of anilines is 2. The lowest BCUT2D eigenvalue weighted by Gasteiger charge is -2.33. The first-order valence-corrected chi connectivity index (χ1v) is 22.1. The standard InChI is InChI=1S/C52H56N8O3/c61-47(32-14-6-4-2-1-3-5-7-19-35-55-48(62)37-45(39-23-10-8-11-24-39)60-38-57-52-44(60)30-22-36-56-52)58-42-28-16-15-27-41(42)50(59-46-31-18-21-34-54-46)49(43-29-17-20-33-53-43)51(63)40-25-12-9-13-26-40/h8-13,15-18,20-31,33-34,36-38,49-51,63H,1-7,14,19,32,35H2,(H,54,59)(H,55,62)(H,58,61). The first-order valence-electron chi connectivity index (χ1n) is 22.1. The maximum atomic E-state index is 13.4. The van der Waals surface area contributed by atoms with Crippen molar-refractivity contribution in [3.63, 3.8) is 0 Å². The number of rotatable bonds is 23. The molecule has 3 atom stereocenters. The van der Waals surface area contributed by atoms with Crippen LogP contribution in [0.15, 0.2) is 164 Å². The van der Waals surface area contributed by atoms with E-state index in [9.17, 15) is 14.7 Å². The molecule has 4 N–H and O–H groups in total. The molecule has 4 heterocycles. The number of carbonyl (C=O) groups is 2. The molecule has 11 heteroatoms. The number of benzene rings is 3. The zero-order valence-electron chi connectivity index (χ0n) is 35.6. The number of hydrogen-bond donors (Lipinski definition) is 4. The van der Waals surface area contributed by atoms with Gasteiger partial charge in [-0.3, -0.25) is 19.1 Å². The molecule has 0 aliphatic rings. The molecule has 63 heavy (non-hydrogen) atoms. The second-order valence-corrected chi connectivity index (χ2v) is 15.7. The lowest BCUT2D eigenvalue weighted by Crippen LogP contribution is -2.27. The zero-order valence-corrected chi connectivity index (χ0v) is 35.6. The predicted molar refractivity (Wildman–Crippen MR) is 251 cm³/mol. The Bertz CT molecular complexity index is 2500. The minimum atomic E-state index is -0.907. The van der Waals surface area contributed by atoms with E-state index in [1.807, 2.05) is 138 Å². The summed E-state index contributed by atoms with van der Waals surface area (Å²) in [6, 6.07) is 41.9. The Balaban J connectivity index is 0.846. The van der Waals surface area contributed by atoms with Gasteiger partial charge in [-0.1, -0.05) is 136 Å². The number of nitrogens with one attached hydrogen (secondary N) is 3. The Hall–Kier alpha value is -6.98. The van der Waals surface area contributed by atoms with E-state index in [1.54, 1.807) is 31.0 Å². The summed E-state index contributed by atoms with van der Waals surface area (Å²) in [6.07, 6.45) is 17.5. The van der Waals surface area contributed by atoms with Crippen molar-refractivity contribution in [1.82, 2.24) is 29.8 Å². The SMILES string of the molecule is O=C(C=C(c1ccccc1)n1cnc2ncccc21)NCCCCCCCCCCCC(=O)Nc1ccccc1C(Nc1ccccn1)C(c1ccccn1)C(O)c1ccccc1. The highest BCUT2D eigenvalue weighted by atomic mass is 16.3. The first kappa shape index (κ1) is 44.1. The molecular weight excluding hydrogens is 785 g/mol. The monoisotopic (exact) mass is 840 g/mol. The van der Waals surface area contributed by atoms with Crippen LogP contribution in [0.3, 0.4) is 0 Å². The molecule has 0 fully saturated rings. The second kappa shape index (κ2) is 23.3. The highest BCUT2D eigenvalue weighted by molar-refractivity contribution is 5.96. The van der Waals surface area contributed by atoms with Gasteiger partial charge in [-0.2, -0.15) is 0 Å². The van der Waals surface area contributed by atoms with Crippen molar-refractivity contribution >= 4 is 40.2 Å². The summed E-state index contributed by atoms with van der Waals surface area (Å²) < 4.78 is 1.91. The molecular formula is C52H56N8O3. The Kier molecular flexibility index (Phi) is 16.3. The summed E-state index contributed by atoms with van der Waals surface area (Å²) in [5.74, 6) is -0.0468. The highest BCUT2D eigenvalue weighted by Gasteiger charge is 2.35. The minimum absolute atomic E-state index is 0.0385. The number of fused-ring (bicyclic) bond motifs is 1. The van der Waals surface area contributed by atoms with Crippen LogP contribution in [-0.2, 0) is 9.59 Å². The van der Waals surface area contributed by atoms with E-state index in [1.165, 1.54) is 0 Å². The third-order valence-corrected chi connectivity index (χ3v) is 11.2. The number of carbonyl (C=O) groups excluding carboxylic acids is 2. The number of nitrogens with zero attached hydrogens (tertiary/aromatic N) is 5. The number of aliphatic hydroxyl groups is 1.